The van der Waals surface area contributed by atoms with E-state index >= 15 is 0 Å². The molecule has 0 spiro atoms. The first-order valence-corrected chi connectivity index (χ1v) is 7.22. The maximum absolute atomic E-state index is 11.7. The van der Waals surface area contributed by atoms with Crippen molar-refractivity contribution in [1.82, 2.24) is 5.32 Å². The van der Waals surface area contributed by atoms with Crippen molar-refractivity contribution in [2.24, 2.45) is 0 Å². The zero-order chi connectivity index (χ0) is 14.4. The molecule has 2 aromatic rings. The summed E-state index contributed by atoms with van der Waals surface area (Å²) in [5.74, 6) is 0.870. The normalized spacial score (nSPS) is 11.3. The third-order valence-electron chi connectivity index (χ3n) is 3.26. The molecule has 1 aromatic heterocycles. The van der Waals surface area contributed by atoms with Crippen molar-refractivity contribution in [2.75, 3.05) is 6.54 Å². The lowest BCUT2D eigenvalue weighted by Gasteiger charge is -1.99. The van der Waals surface area contributed by atoms with Gasteiger partial charge in [-0.3, -0.25) is 4.79 Å². The van der Waals surface area contributed by atoms with Crippen molar-refractivity contribution in [1.29, 1.82) is 0 Å². The standard InChI is InChI=1S/C17H21NO2/c1-3-5-12-18-17(19)11-10-14-13-8-6-7-9-16(13)20-15(14)4-2/h6-11H,3-5,12H2,1-2H3,(H,18,19)/b11-10+. The lowest BCUT2D eigenvalue weighted by atomic mass is 10.1. The van der Waals surface area contributed by atoms with Crippen molar-refractivity contribution < 1.29 is 9.21 Å². The van der Waals surface area contributed by atoms with Gasteiger partial charge in [0, 0.05) is 30.0 Å². The maximum atomic E-state index is 11.7. The summed E-state index contributed by atoms with van der Waals surface area (Å²) in [4.78, 5) is 11.7. The molecular weight excluding hydrogens is 250 g/mol. The number of amides is 1. The summed E-state index contributed by atoms with van der Waals surface area (Å²) in [6.45, 7) is 4.88. The lowest BCUT2D eigenvalue weighted by molar-refractivity contribution is -0.116. The van der Waals surface area contributed by atoms with Gasteiger partial charge in [0.25, 0.3) is 0 Å². The molecule has 20 heavy (non-hydrogen) atoms. The van der Waals surface area contributed by atoms with Gasteiger partial charge >= 0.3 is 0 Å². The fourth-order valence-electron chi connectivity index (χ4n) is 2.17. The average molecular weight is 271 g/mol. The molecule has 0 saturated heterocycles. The number of hydrogen-bond donors (Lipinski definition) is 1. The molecule has 106 valence electrons. The number of carbonyl (C=O) groups is 1. The fraction of sp³-hybridized carbons (Fsp3) is 0.353. The van der Waals surface area contributed by atoms with Gasteiger partial charge in [0.05, 0.1) is 0 Å². The number of unbranched alkanes of at least 4 members (excludes halogenated alkanes) is 1. The number of nitrogens with one attached hydrogen (secondary N) is 1. The molecule has 0 aliphatic heterocycles. The first kappa shape index (κ1) is 14.4. The molecule has 0 aliphatic rings. The Morgan fingerprint density at radius 3 is 2.85 bits per heavy atom. The summed E-state index contributed by atoms with van der Waals surface area (Å²) in [5.41, 5.74) is 1.88. The van der Waals surface area contributed by atoms with Gasteiger partial charge in [-0.25, -0.2) is 0 Å². The van der Waals surface area contributed by atoms with Gasteiger partial charge in [-0.1, -0.05) is 38.5 Å². The predicted molar refractivity (Wildman–Crippen MR) is 82.5 cm³/mol. The summed E-state index contributed by atoms with van der Waals surface area (Å²) >= 11 is 0. The van der Waals surface area contributed by atoms with E-state index in [1.807, 2.05) is 30.3 Å². The number of hydrogen-bond acceptors (Lipinski definition) is 2. The number of carbonyl (C=O) groups excluding carboxylic acids is 1. The van der Waals surface area contributed by atoms with Crippen molar-refractivity contribution in [3.63, 3.8) is 0 Å². The van der Waals surface area contributed by atoms with Crippen LogP contribution in [0.3, 0.4) is 0 Å². The Balaban J connectivity index is 2.17. The Bertz CT molecular complexity index is 610. The Labute approximate surface area is 119 Å². The van der Waals surface area contributed by atoms with E-state index in [0.717, 1.165) is 48.1 Å². The van der Waals surface area contributed by atoms with Crippen molar-refractivity contribution >= 4 is 23.0 Å². The highest BCUT2D eigenvalue weighted by Crippen LogP contribution is 2.27. The molecule has 1 heterocycles. The van der Waals surface area contributed by atoms with Crippen LogP contribution in [-0.2, 0) is 11.2 Å². The molecule has 1 amide bonds. The largest absolute Gasteiger partial charge is 0.460 e. The minimum Gasteiger partial charge on any atom is -0.460 e. The molecule has 0 radical (unpaired) electrons. The van der Waals surface area contributed by atoms with E-state index in [2.05, 4.69) is 19.2 Å². The average Bonchev–Trinajstić information content (AvgIpc) is 2.83. The van der Waals surface area contributed by atoms with Crippen molar-refractivity contribution in [2.45, 2.75) is 33.1 Å². The van der Waals surface area contributed by atoms with Crippen LogP contribution in [0.25, 0.3) is 17.0 Å². The molecule has 3 nitrogen and oxygen atoms in total. The van der Waals surface area contributed by atoms with Crippen molar-refractivity contribution in [3.8, 4) is 0 Å². The zero-order valence-corrected chi connectivity index (χ0v) is 12.1. The summed E-state index contributed by atoms with van der Waals surface area (Å²) in [5, 5.41) is 3.93. The van der Waals surface area contributed by atoms with E-state index in [0.29, 0.717) is 0 Å². The summed E-state index contributed by atoms with van der Waals surface area (Å²) < 4.78 is 5.80. The Morgan fingerprint density at radius 2 is 2.10 bits per heavy atom. The fourth-order valence-corrected chi connectivity index (χ4v) is 2.17. The van der Waals surface area contributed by atoms with E-state index in [-0.39, 0.29) is 5.91 Å². The van der Waals surface area contributed by atoms with Gasteiger partial charge < -0.3 is 9.73 Å². The first-order chi connectivity index (χ1) is 9.76. The molecule has 0 saturated carbocycles. The van der Waals surface area contributed by atoms with Crippen LogP contribution in [0, 0.1) is 0 Å². The van der Waals surface area contributed by atoms with Gasteiger partial charge in [-0.2, -0.15) is 0 Å². The number of aryl methyl sites for hydroxylation is 1. The molecule has 2 rings (SSSR count). The van der Waals surface area contributed by atoms with Crippen LogP contribution in [-0.4, -0.2) is 12.5 Å². The van der Waals surface area contributed by atoms with Gasteiger partial charge in [0.2, 0.25) is 5.91 Å². The molecule has 1 N–H and O–H groups in total. The Morgan fingerprint density at radius 1 is 1.30 bits per heavy atom. The number of benzene rings is 1. The molecule has 1 aromatic carbocycles. The minimum atomic E-state index is -0.0502. The topological polar surface area (TPSA) is 42.2 Å². The van der Waals surface area contributed by atoms with Gasteiger partial charge in [-0.15, -0.1) is 0 Å². The number of rotatable bonds is 6. The van der Waals surface area contributed by atoms with E-state index in [9.17, 15) is 4.79 Å². The quantitative estimate of drug-likeness (QED) is 0.639. The minimum absolute atomic E-state index is 0.0502. The van der Waals surface area contributed by atoms with Crippen LogP contribution in [0.5, 0.6) is 0 Å². The highest BCUT2D eigenvalue weighted by Gasteiger charge is 2.09. The van der Waals surface area contributed by atoms with E-state index in [4.69, 9.17) is 4.42 Å². The second kappa shape index (κ2) is 6.94. The lowest BCUT2D eigenvalue weighted by Crippen LogP contribution is -2.21. The summed E-state index contributed by atoms with van der Waals surface area (Å²) in [6, 6.07) is 7.91. The van der Waals surface area contributed by atoms with Crippen LogP contribution in [0.4, 0.5) is 0 Å². The smallest absolute Gasteiger partial charge is 0.244 e. The highest BCUT2D eigenvalue weighted by molar-refractivity contribution is 5.96. The Kier molecular flexibility index (Phi) is 4.99. The second-order valence-electron chi connectivity index (χ2n) is 4.77. The highest BCUT2D eigenvalue weighted by atomic mass is 16.3. The molecule has 0 unspecified atom stereocenters. The SMILES string of the molecule is CCCCNC(=O)/C=C/c1c(CC)oc2ccccc12. The van der Waals surface area contributed by atoms with Crippen LogP contribution in [0.15, 0.2) is 34.8 Å². The molecule has 0 aliphatic carbocycles. The number of fused-ring (bicyclic) bond motifs is 1. The predicted octanol–water partition coefficient (Wildman–Crippen LogP) is 3.92. The van der Waals surface area contributed by atoms with Crippen LogP contribution >= 0.6 is 0 Å². The van der Waals surface area contributed by atoms with Gasteiger partial charge in [0.15, 0.2) is 0 Å². The van der Waals surface area contributed by atoms with Gasteiger partial charge in [-0.05, 0) is 18.6 Å². The van der Waals surface area contributed by atoms with Crippen LogP contribution in [0.1, 0.15) is 38.0 Å². The third kappa shape index (κ3) is 3.29. The summed E-state index contributed by atoms with van der Waals surface area (Å²) in [7, 11) is 0. The number of para-hydroxylation sites is 1. The second-order valence-corrected chi connectivity index (χ2v) is 4.77. The monoisotopic (exact) mass is 271 g/mol. The molecule has 3 heteroatoms. The Hall–Kier alpha value is -2.03. The van der Waals surface area contributed by atoms with E-state index in [1.54, 1.807) is 6.08 Å². The van der Waals surface area contributed by atoms with Crippen LogP contribution in [0.2, 0.25) is 0 Å². The van der Waals surface area contributed by atoms with Gasteiger partial charge in [0.1, 0.15) is 11.3 Å². The van der Waals surface area contributed by atoms with E-state index < -0.39 is 0 Å². The number of furan rings is 1. The summed E-state index contributed by atoms with van der Waals surface area (Å²) in [6.07, 6.45) is 6.34. The first-order valence-electron chi connectivity index (χ1n) is 7.22. The van der Waals surface area contributed by atoms with Crippen LogP contribution < -0.4 is 5.32 Å². The third-order valence-corrected chi connectivity index (χ3v) is 3.26. The zero-order valence-electron chi connectivity index (χ0n) is 12.1. The van der Waals surface area contributed by atoms with E-state index in [1.165, 1.54) is 0 Å². The molecule has 0 fully saturated rings. The van der Waals surface area contributed by atoms with Crippen molar-refractivity contribution in [3.05, 3.63) is 41.7 Å². The molecule has 0 atom stereocenters. The maximum Gasteiger partial charge on any atom is 0.244 e. The molecular formula is C17H21NO2. The molecule has 0 bridgehead atoms.